The zero-order valence-electron chi connectivity index (χ0n) is 14.6. The van der Waals surface area contributed by atoms with E-state index in [9.17, 15) is 18.0 Å². The molecule has 1 saturated heterocycles. The number of likely N-dealkylation sites (tertiary alicyclic amines) is 1. The molecule has 25 heavy (non-hydrogen) atoms. The summed E-state index contributed by atoms with van der Waals surface area (Å²) in [4.78, 5) is 25.8. The Morgan fingerprint density at radius 2 is 1.88 bits per heavy atom. The van der Waals surface area contributed by atoms with E-state index in [-0.39, 0.29) is 41.4 Å². The number of nitrogens with two attached hydrogens (primary N) is 1. The Balaban J connectivity index is 1.84. The van der Waals surface area contributed by atoms with E-state index >= 15 is 0 Å². The molecule has 0 aromatic heterocycles. The quantitative estimate of drug-likeness (QED) is 0.718. The number of primary sulfonamides is 1. The molecule has 138 valence electrons. The van der Waals surface area contributed by atoms with Gasteiger partial charge in [0.1, 0.15) is 0 Å². The molecular weight excluding hydrogens is 344 g/mol. The highest BCUT2D eigenvalue weighted by Crippen LogP contribution is 2.21. The van der Waals surface area contributed by atoms with Crippen molar-refractivity contribution in [2.24, 2.45) is 5.14 Å². The maximum atomic E-state index is 12.0. The average molecular weight is 368 g/mol. The van der Waals surface area contributed by atoms with Crippen molar-refractivity contribution >= 4 is 22.0 Å². The van der Waals surface area contributed by atoms with Crippen LogP contribution >= 0.6 is 0 Å². The van der Waals surface area contributed by atoms with Gasteiger partial charge < -0.3 is 15.5 Å². The van der Waals surface area contributed by atoms with E-state index < -0.39 is 10.0 Å². The van der Waals surface area contributed by atoms with E-state index in [1.54, 1.807) is 17.0 Å². The van der Waals surface area contributed by atoms with Crippen molar-refractivity contribution in [3.63, 3.8) is 0 Å². The van der Waals surface area contributed by atoms with Crippen LogP contribution in [0.25, 0.3) is 0 Å². The Bertz CT molecular complexity index is 753. The van der Waals surface area contributed by atoms with Crippen LogP contribution in [0, 0.1) is 0 Å². The van der Waals surface area contributed by atoms with Crippen molar-refractivity contribution < 1.29 is 18.0 Å². The van der Waals surface area contributed by atoms with Crippen LogP contribution in [0.4, 0.5) is 4.79 Å². The van der Waals surface area contributed by atoms with Gasteiger partial charge in [-0.2, -0.15) is 0 Å². The first-order valence-corrected chi connectivity index (χ1v) is 9.48. The summed E-state index contributed by atoms with van der Waals surface area (Å²) in [6.07, 6.45) is 0.285. The van der Waals surface area contributed by atoms with Crippen LogP contribution in [0.15, 0.2) is 29.2 Å². The van der Waals surface area contributed by atoms with Crippen LogP contribution in [0.2, 0.25) is 0 Å². The van der Waals surface area contributed by atoms with E-state index in [4.69, 9.17) is 5.14 Å². The fraction of sp³-hybridized carbons (Fsp3) is 0.500. The van der Waals surface area contributed by atoms with Crippen molar-refractivity contribution in [1.29, 1.82) is 0 Å². The zero-order chi connectivity index (χ0) is 18.8. The molecule has 1 unspecified atom stereocenters. The second-order valence-electron chi connectivity index (χ2n) is 7.09. The Morgan fingerprint density at radius 1 is 1.28 bits per heavy atom. The summed E-state index contributed by atoms with van der Waals surface area (Å²) < 4.78 is 22.4. The van der Waals surface area contributed by atoms with Gasteiger partial charge in [0.05, 0.1) is 10.9 Å². The third-order valence-electron chi connectivity index (χ3n) is 3.97. The van der Waals surface area contributed by atoms with Gasteiger partial charge in [-0.05, 0) is 38.5 Å². The van der Waals surface area contributed by atoms with Gasteiger partial charge in [0.2, 0.25) is 15.9 Å². The molecule has 1 aromatic rings. The van der Waals surface area contributed by atoms with Crippen molar-refractivity contribution in [3.05, 3.63) is 29.8 Å². The largest absolute Gasteiger partial charge is 0.336 e. The predicted molar refractivity (Wildman–Crippen MR) is 93.1 cm³/mol. The number of carbonyl (C=O) groups excluding carboxylic acids is 2. The molecule has 0 spiro atoms. The van der Waals surface area contributed by atoms with Crippen LogP contribution in [-0.2, 0) is 21.4 Å². The molecule has 2 rings (SSSR count). The van der Waals surface area contributed by atoms with E-state index in [1.807, 2.05) is 20.8 Å². The lowest BCUT2D eigenvalue weighted by Crippen LogP contribution is -2.46. The molecule has 1 heterocycles. The maximum absolute atomic E-state index is 12.0. The van der Waals surface area contributed by atoms with Gasteiger partial charge in [0.25, 0.3) is 0 Å². The van der Waals surface area contributed by atoms with Crippen LogP contribution < -0.4 is 15.8 Å². The summed E-state index contributed by atoms with van der Waals surface area (Å²) in [5.41, 5.74) is 0.469. The number of nitrogens with one attached hydrogen (secondary N) is 2. The van der Waals surface area contributed by atoms with E-state index in [2.05, 4.69) is 10.6 Å². The van der Waals surface area contributed by atoms with E-state index in [1.165, 1.54) is 12.1 Å². The summed E-state index contributed by atoms with van der Waals surface area (Å²) in [7, 11) is -3.73. The third-order valence-corrected chi connectivity index (χ3v) is 4.90. The zero-order valence-corrected chi connectivity index (χ0v) is 15.4. The highest BCUT2D eigenvalue weighted by molar-refractivity contribution is 7.89. The predicted octanol–water partition coefficient (Wildman–Crippen LogP) is 0.533. The van der Waals surface area contributed by atoms with Crippen LogP contribution in [0.5, 0.6) is 0 Å². The lowest BCUT2D eigenvalue weighted by atomic mass is 10.1. The number of nitrogens with zero attached hydrogens (tertiary/aromatic N) is 1. The smallest absolute Gasteiger partial charge is 0.315 e. The number of hydrogen-bond donors (Lipinski definition) is 3. The molecule has 0 saturated carbocycles. The molecule has 9 heteroatoms. The van der Waals surface area contributed by atoms with E-state index in [0.29, 0.717) is 6.54 Å². The molecule has 1 aromatic carbocycles. The molecule has 4 N–H and O–H groups in total. The summed E-state index contributed by atoms with van der Waals surface area (Å²) in [6, 6.07) is 5.35. The van der Waals surface area contributed by atoms with Crippen molar-refractivity contribution in [1.82, 2.24) is 15.5 Å². The minimum Gasteiger partial charge on any atom is -0.336 e. The topological polar surface area (TPSA) is 122 Å². The molecule has 0 radical (unpaired) electrons. The summed E-state index contributed by atoms with van der Waals surface area (Å²) in [5.74, 6) is 0.0244. The Labute approximate surface area is 147 Å². The minimum absolute atomic E-state index is 0.0208. The van der Waals surface area contributed by atoms with Crippen LogP contribution in [0.3, 0.4) is 0 Å². The average Bonchev–Trinajstić information content (AvgIpc) is 2.85. The second-order valence-corrected chi connectivity index (χ2v) is 8.65. The summed E-state index contributed by atoms with van der Waals surface area (Å²) in [5, 5.41) is 10.5. The molecule has 3 amide bonds. The minimum atomic E-state index is -3.73. The van der Waals surface area contributed by atoms with Gasteiger partial charge in [-0.1, -0.05) is 12.1 Å². The first-order chi connectivity index (χ1) is 11.5. The van der Waals surface area contributed by atoms with Gasteiger partial charge in [-0.15, -0.1) is 0 Å². The summed E-state index contributed by atoms with van der Waals surface area (Å²) >= 11 is 0. The fourth-order valence-corrected chi connectivity index (χ4v) is 3.18. The highest BCUT2D eigenvalue weighted by Gasteiger charge is 2.36. The Kier molecular flexibility index (Phi) is 5.38. The molecule has 0 aliphatic carbocycles. The van der Waals surface area contributed by atoms with Gasteiger partial charge in [-0.3, -0.25) is 4.79 Å². The first-order valence-electron chi connectivity index (χ1n) is 7.93. The number of benzene rings is 1. The lowest BCUT2D eigenvalue weighted by molar-refractivity contribution is -0.131. The number of rotatable bonds is 4. The molecule has 0 bridgehead atoms. The number of urea groups is 1. The molecule has 1 fully saturated rings. The monoisotopic (exact) mass is 368 g/mol. The third kappa shape index (κ3) is 5.17. The van der Waals surface area contributed by atoms with Gasteiger partial charge in [-0.25, -0.2) is 18.4 Å². The summed E-state index contributed by atoms with van der Waals surface area (Å²) in [6.45, 7) is 6.59. The number of carbonyl (C=O) groups is 2. The Morgan fingerprint density at radius 3 is 2.36 bits per heavy atom. The SMILES string of the molecule is CC(C)(C)N1CC(NC(=O)NCc2ccc(S(N)(=O)=O)cc2)CC1=O. The molecule has 8 nitrogen and oxygen atoms in total. The highest BCUT2D eigenvalue weighted by atomic mass is 32.2. The van der Waals surface area contributed by atoms with Crippen LogP contribution in [0.1, 0.15) is 32.8 Å². The van der Waals surface area contributed by atoms with Crippen molar-refractivity contribution in [2.75, 3.05) is 6.54 Å². The van der Waals surface area contributed by atoms with Gasteiger partial charge >= 0.3 is 6.03 Å². The fourth-order valence-electron chi connectivity index (χ4n) is 2.67. The standard InChI is InChI=1S/C16H24N4O4S/c1-16(2,3)20-10-12(8-14(20)21)19-15(22)18-9-11-4-6-13(7-5-11)25(17,23)24/h4-7,12H,8-10H2,1-3H3,(H2,17,23,24)(H2,18,19,22). The number of amides is 3. The maximum Gasteiger partial charge on any atom is 0.315 e. The molecule has 1 aliphatic rings. The molecule has 1 aliphatic heterocycles. The molecular formula is C16H24N4O4S. The van der Waals surface area contributed by atoms with Crippen LogP contribution in [-0.4, -0.2) is 43.4 Å². The number of hydrogen-bond acceptors (Lipinski definition) is 4. The lowest BCUT2D eigenvalue weighted by Gasteiger charge is -2.32. The van der Waals surface area contributed by atoms with E-state index in [0.717, 1.165) is 5.56 Å². The first kappa shape index (κ1) is 19.2. The van der Waals surface area contributed by atoms with Gasteiger partial charge in [0.15, 0.2) is 0 Å². The Hall–Kier alpha value is -2.13. The number of sulfonamides is 1. The second kappa shape index (κ2) is 7.01. The van der Waals surface area contributed by atoms with Crippen molar-refractivity contribution in [3.8, 4) is 0 Å². The van der Waals surface area contributed by atoms with Gasteiger partial charge in [0, 0.05) is 25.0 Å². The normalized spacial score (nSPS) is 18.3. The molecule has 1 atom stereocenters. The van der Waals surface area contributed by atoms with Crippen molar-refractivity contribution in [2.45, 2.75) is 50.2 Å².